The molecule has 2 atom stereocenters. The second kappa shape index (κ2) is 7.07. The third kappa shape index (κ3) is 4.41. The highest BCUT2D eigenvalue weighted by Gasteiger charge is 2.47. The highest BCUT2D eigenvalue weighted by molar-refractivity contribution is 5.85. The number of hydrogen-bond donors (Lipinski definition) is 2. The number of rotatable bonds is 9. The Hall–Kier alpha value is -0.650. The van der Waals surface area contributed by atoms with Crippen molar-refractivity contribution in [2.24, 2.45) is 5.73 Å². The van der Waals surface area contributed by atoms with E-state index in [1.807, 2.05) is 0 Å². The number of nitrogens with zero attached hydrogens (tertiary/aromatic N) is 2. The largest absolute Gasteiger partial charge is 0.368 e. The van der Waals surface area contributed by atoms with Gasteiger partial charge in [-0.3, -0.25) is 9.69 Å². The van der Waals surface area contributed by atoms with Crippen molar-refractivity contribution in [3.05, 3.63) is 0 Å². The summed E-state index contributed by atoms with van der Waals surface area (Å²) in [4.78, 5) is 16.8. The maximum absolute atomic E-state index is 12.0. The van der Waals surface area contributed by atoms with E-state index in [0.29, 0.717) is 12.1 Å². The lowest BCUT2D eigenvalue weighted by Crippen LogP contribution is -2.55. The molecule has 0 heterocycles. The summed E-state index contributed by atoms with van der Waals surface area (Å²) >= 11 is 0. The van der Waals surface area contributed by atoms with Gasteiger partial charge in [-0.2, -0.15) is 0 Å². The fourth-order valence-corrected chi connectivity index (χ4v) is 3.47. The molecule has 0 radical (unpaired) electrons. The minimum Gasteiger partial charge on any atom is -0.368 e. The van der Waals surface area contributed by atoms with Crippen LogP contribution >= 0.6 is 0 Å². The van der Waals surface area contributed by atoms with Crippen LogP contribution in [0.25, 0.3) is 0 Å². The number of primary amides is 1. The van der Waals surface area contributed by atoms with Crippen LogP contribution in [-0.2, 0) is 4.79 Å². The Labute approximate surface area is 129 Å². The highest BCUT2D eigenvalue weighted by atomic mass is 16.1. The van der Waals surface area contributed by atoms with Crippen LogP contribution in [0.2, 0.25) is 0 Å². The number of carbonyl (C=O) groups is 1. The SMILES string of the molecule is CCCN(CCN(C)C)C1CCC(NC2CC2)(C(N)=O)C1. The van der Waals surface area contributed by atoms with Gasteiger partial charge in [0, 0.05) is 25.2 Å². The lowest BCUT2D eigenvalue weighted by molar-refractivity contribution is -0.124. The number of carbonyl (C=O) groups excluding carboxylic acids is 1. The van der Waals surface area contributed by atoms with Crippen molar-refractivity contribution in [3.8, 4) is 0 Å². The zero-order chi connectivity index (χ0) is 15.5. The molecular weight excluding hydrogens is 264 g/mol. The van der Waals surface area contributed by atoms with Crippen molar-refractivity contribution >= 4 is 5.91 Å². The van der Waals surface area contributed by atoms with Gasteiger partial charge in [0.25, 0.3) is 0 Å². The molecule has 5 heteroatoms. The molecule has 2 aliphatic carbocycles. The van der Waals surface area contributed by atoms with Gasteiger partial charge in [-0.05, 0) is 59.2 Å². The zero-order valence-electron chi connectivity index (χ0n) is 13.9. The van der Waals surface area contributed by atoms with Gasteiger partial charge in [-0.15, -0.1) is 0 Å². The zero-order valence-corrected chi connectivity index (χ0v) is 13.9. The van der Waals surface area contributed by atoms with Crippen molar-refractivity contribution in [1.29, 1.82) is 0 Å². The lowest BCUT2D eigenvalue weighted by Gasteiger charge is -2.32. The molecule has 3 N–H and O–H groups in total. The Morgan fingerprint density at radius 3 is 2.48 bits per heavy atom. The van der Waals surface area contributed by atoms with Crippen molar-refractivity contribution in [2.45, 2.75) is 63.1 Å². The summed E-state index contributed by atoms with van der Waals surface area (Å²) < 4.78 is 0. The molecule has 0 aromatic carbocycles. The van der Waals surface area contributed by atoms with Gasteiger partial charge in [0.1, 0.15) is 0 Å². The Morgan fingerprint density at radius 2 is 1.95 bits per heavy atom. The van der Waals surface area contributed by atoms with E-state index in [0.717, 1.165) is 45.3 Å². The van der Waals surface area contributed by atoms with Gasteiger partial charge in [0.2, 0.25) is 5.91 Å². The molecule has 21 heavy (non-hydrogen) atoms. The van der Waals surface area contributed by atoms with Crippen molar-refractivity contribution in [1.82, 2.24) is 15.1 Å². The molecule has 2 unspecified atom stereocenters. The van der Waals surface area contributed by atoms with Gasteiger partial charge >= 0.3 is 0 Å². The lowest BCUT2D eigenvalue weighted by atomic mass is 9.96. The van der Waals surface area contributed by atoms with E-state index in [1.165, 1.54) is 12.8 Å². The average Bonchev–Trinajstić information content (AvgIpc) is 3.11. The van der Waals surface area contributed by atoms with Crippen LogP contribution in [-0.4, -0.2) is 67.1 Å². The maximum Gasteiger partial charge on any atom is 0.237 e. The van der Waals surface area contributed by atoms with E-state index in [1.54, 1.807) is 0 Å². The molecule has 122 valence electrons. The minimum atomic E-state index is -0.448. The fourth-order valence-electron chi connectivity index (χ4n) is 3.47. The molecular formula is C16H32N4O. The van der Waals surface area contributed by atoms with Crippen LogP contribution in [0.4, 0.5) is 0 Å². The number of nitrogens with one attached hydrogen (secondary N) is 1. The molecule has 2 saturated carbocycles. The number of amides is 1. The number of nitrogens with two attached hydrogens (primary N) is 1. The first-order chi connectivity index (χ1) is 9.97. The summed E-state index contributed by atoms with van der Waals surface area (Å²) in [5.41, 5.74) is 5.29. The summed E-state index contributed by atoms with van der Waals surface area (Å²) in [6.07, 6.45) is 6.40. The van der Waals surface area contributed by atoms with E-state index in [9.17, 15) is 4.79 Å². The van der Waals surface area contributed by atoms with Crippen LogP contribution in [0.5, 0.6) is 0 Å². The second-order valence-corrected chi connectivity index (χ2v) is 7.10. The molecule has 1 amide bonds. The number of hydrogen-bond acceptors (Lipinski definition) is 4. The summed E-state index contributed by atoms with van der Waals surface area (Å²) in [5, 5.41) is 3.55. The van der Waals surface area contributed by atoms with Crippen LogP contribution in [0.15, 0.2) is 0 Å². The molecule has 0 saturated heterocycles. The van der Waals surface area contributed by atoms with E-state index in [2.05, 4.69) is 36.1 Å². The van der Waals surface area contributed by atoms with Crippen molar-refractivity contribution < 1.29 is 4.79 Å². The second-order valence-electron chi connectivity index (χ2n) is 7.10. The monoisotopic (exact) mass is 296 g/mol. The Bertz CT molecular complexity index is 356. The Morgan fingerprint density at radius 1 is 1.24 bits per heavy atom. The molecule has 0 bridgehead atoms. The van der Waals surface area contributed by atoms with Crippen LogP contribution in [0.3, 0.4) is 0 Å². The predicted molar refractivity (Wildman–Crippen MR) is 86.1 cm³/mol. The number of likely N-dealkylation sites (N-methyl/N-ethyl adjacent to an activating group) is 1. The maximum atomic E-state index is 12.0. The predicted octanol–water partition coefficient (Wildman–Crippen LogP) is 0.789. The Balaban J connectivity index is 1.97. The van der Waals surface area contributed by atoms with Crippen molar-refractivity contribution in [2.75, 3.05) is 33.7 Å². The van der Waals surface area contributed by atoms with Crippen LogP contribution in [0, 0.1) is 0 Å². The molecule has 5 nitrogen and oxygen atoms in total. The van der Waals surface area contributed by atoms with E-state index < -0.39 is 5.54 Å². The first kappa shape index (κ1) is 16.7. The summed E-state index contributed by atoms with van der Waals surface area (Å²) in [6.45, 7) is 5.47. The molecule has 2 aliphatic rings. The standard InChI is InChI=1S/C16H32N4O/c1-4-9-20(11-10-19(2)3)14-7-8-16(12-14,15(17)21)18-13-5-6-13/h13-14,18H,4-12H2,1-3H3,(H2,17,21). The van der Waals surface area contributed by atoms with Gasteiger partial charge in [-0.25, -0.2) is 0 Å². The topological polar surface area (TPSA) is 61.6 Å². The van der Waals surface area contributed by atoms with Crippen molar-refractivity contribution in [3.63, 3.8) is 0 Å². The van der Waals surface area contributed by atoms with Crippen LogP contribution in [0.1, 0.15) is 45.4 Å². The third-order valence-electron chi connectivity index (χ3n) is 4.88. The van der Waals surface area contributed by atoms with E-state index in [-0.39, 0.29) is 5.91 Å². The molecule has 0 aromatic heterocycles. The normalized spacial score (nSPS) is 29.5. The van der Waals surface area contributed by atoms with Gasteiger partial charge < -0.3 is 16.0 Å². The van der Waals surface area contributed by atoms with E-state index >= 15 is 0 Å². The third-order valence-corrected chi connectivity index (χ3v) is 4.88. The molecule has 0 aliphatic heterocycles. The van der Waals surface area contributed by atoms with Gasteiger partial charge in [0.15, 0.2) is 0 Å². The summed E-state index contributed by atoms with van der Waals surface area (Å²) in [5.74, 6) is -0.152. The quantitative estimate of drug-likeness (QED) is 0.660. The molecule has 2 fully saturated rings. The Kier molecular flexibility index (Phi) is 5.63. The smallest absolute Gasteiger partial charge is 0.237 e. The molecule has 0 aromatic rings. The first-order valence-corrected chi connectivity index (χ1v) is 8.43. The molecule has 0 spiro atoms. The average molecular weight is 296 g/mol. The highest BCUT2D eigenvalue weighted by Crippen LogP contribution is 2.36. The van der Waals surface area contributed by atoms with Gasteiger partial charge in [-0.1, -0.05) is 6.92 Å². The van der Waals surface area contributed by atoms with E-state index in [4.69, 9.17) is 5.73 Å². The summed E-state index contributed by atoms with van der Waals surface area (Å²) in [7, 11) is 4.22. The molecule has 2 rings (SSSR count). The minimum absolute atomic E-state index is 0.152. The fraction of sp³-hybridized carbons (Fsp3) is 0.938. The first-order valence-electron chi connectivity index (χ1n) is 8.43. The summed E-state index contributed by atoms with van der Waals surface area (Å²) in [6, 6.07) is 1.02. The van der Waals surface area contributed by atoms with Gasteiger partial charge in [0.05, 0.1) is 5.54 Å². The van der Waals surface area contributed by atoms with Crippen LogP contribution < -0.4 is 11.1 Å².